The molecule has 7 heteroatoms. The van der Waals surface area contributed by atoms with Crippen molar-refractivity contribution in [3.63, 3.8) is 0 Å². The van der Waals surface area contributed by atoms with Crippen LogP contribution in [0.5, 0.6) is 5.75 Å². The summed E-state index contributed by atoms with van der Waals surface area (Å²) in [7, 11) is 0. The molecule has 1 aromatic carbocycles. The number of carbonyl (C=O) groups is 3. The minimum absolute atomic E-state index is 0.0246. The summed E-state index contributed by atoms with van der Waals surface area (Å²) in [5.41, 5.74) is 0.558. The van der Waals surface area contributed by atoms with Crippen LogP contribution in [0.4, 0.5) is 0 Å². The van der Waals surface area contributed by atoms with Crippen molar-refractivity contribution >= 4 is 17.8 Å². The number of amides is 1. The van der Waals surface area contributed by atoms with Crippen molar-refractivity contribution in [1.82, 2.24) is 5.32 Å². The summed E-state index contributed by atoms with van der Waals surface area (Å²) in [6.07, 6.45) is 0.00936. The fourth-order valence-electron chi connectivity index (χ4n) is 1.81. The van der Waals surface area contributed by atoms with Gasteiger partial charge in [0.2, 0.25) is 5.91 Å². The van der Waals surface area contributed by atoms with Gasteiger partial charge in [-0.3, -0.25) is 9.59 Å². The van der Waals surface area contributed by atoms with E-state index in [0.29, 0.717) is 5.56 Å². The van der Waals surface area contributed by atoms with E-state index in [1.165, 1.54) is 12.1 Å². The third-order valence-corrected chi connectivity index (χ3v) is 2.79. The molecule has 1 rings (SSSR count). The fraction of sp³-hybridized carbons (Fsp3) is 0.357. The topological polar surface area (TPSA) is 124 Å². The van der Waals surface area contributed by atoms with Crippen LogP contribution in [0.15, 0.2) is 24.3 Å². The lowest BCUT2D eigenvalue weighted by atomic mass is 10.1. The van der Waals surface area contributed by atoms with Gasteiger partial charge in [0.1, 0.15) is 11.8 Å². The second-order valence-corrected chi connectivity index (χ2v) is 4.59. The number of carboxylic acid groups (broad SMARTS) is 2. The highest BCUT2D eigenvalue weighted by atomic mass is 16.4. The zero-order valence-electron chi connectivity index (χ0n) is 11.3. The average molecular weight is 295 g/mol. The molecule has 0 radical (unpaired) electrons. The van der Waals surface area contributed by atoms with Crippen molar-refractivity contribution < 1.29 is 29.7 Å². The Bertz CT molecular complexity index is 528. The molecule has 1 aromatic rings. The number of carbonyl (C=O) groups excluding carboxylic acids is 1. The van der Waals surface area contributed by atoms with Gasteiger partial charge >= 0.3 is 11.9 Å². The lowest BCUT2D eigenvalue weighted by Gasteiger charge is -2.14. The van der Waals surface area contributed by atoms with Crippen molar-refractivity contribution in [3.05, 3.63) is 29.8 Å². The van der Waals surface area contributed by atoms with E-state index < -0.39 is 23.9 Å². The van der Waals surface area contributed by atoms with E-state index in [2.05, 4.69) is 5.32 Å². The van der Waals surface area contributed by atoms with Gasteiger partial charge in [-0.15, -0.1) is 0 Å². The van der Waals surface area contributed by atoms with Crippen LogP contribution in [0.2, 0.25) is 0 Å². The highest BCUT2D eigenvalue weighted by Gasteiger charge is 2.20. The van der Waals surface area contributed by atoms with E-state index >= 15 is 0 Å². The third kappa shape index (κ3) is 6.42. The number of aromatic hydroxyl groups is 1. The van der Waals surface area contributed by atoms with Gasteiger partial charge in [0.25, 0.3) is 0 Å². The van der Waals surface area contributed by atoms with Gasteiger partial charge in [-0.25, -0.2) is 4.79 Å². The fourth-order valence-corrected chi connectivity index (χ4v) is 1.81. The summed E-state index contributed by atoms with van der Waals surface area (Å²) in [6, 6.07) is 4.99. The molecule has 1 amide bonds. The summed E-state index contributed by atoms with van der Waals surface area (Å²) in [4.78, 5) is 33.2. The lowest BCUT2D eigenvalue weighted by molar-refractivity contribution is -0.142. The first kappa shape index (κ1) is 16.5. The normalized spacial score (nSPS) is 11.6. The Balaban J connectivity index is 2.52. The van der Waals surface area contributed by atoms with Crippen molar-refractivity contribution in [3.8, 4) is 5.75 Å². The maximum atomic E-state index is 11.8. The van der Waals surface area contributed by atoms with Crippen LogP contribution in [0.1, 0.15) is 24.8 Å². The maximum absolute atomic E-state index is 11.8. The van der Waals surface area contributed by atoms with E-state index in [9.17, 15) is 19.5 Å². The monoisotopic (exact) mass is 295 g/mol. The highest BCUT2D eigenvalue weighted by molar-refractivity contribution is 5.84. The summed E-state index contributed by atoms with van der Waals surface area (Å²) in [6.45, 7) is 0. The molecule has 0 bridgehead atoms. The summed E-state index contributed by atoms with van der Waals surface area (Å²) in [5, 5.41) is 29.1. The van der Waals surface area contributed by atoms with Crippen LogP contribution in [0.3, 0.4) is 0 Å². The summed E-state index contributed by atoms with van der Waals surface area (Å²) in [5.74, 6) is -2.69. The number of rotatable bonds is 8. The smallest absolute Gasteiger partial charge is 0.326 e. The Kier molecular flexibility index (Phi) is 6.19. The summed E-state index contributed by atoms with van der Waals surface area (Å²) < 4.78 is 0. The van der Waals surface area contributed by atoms with E-state index in [0.717, 1.165) is 0 Å². The molecular weight excluding hydrogens is 278 g/mol. The molecule has 0 spiro atoms. The Morgan fingerprint density at radius 3 is 2.48 bits per heavy atom. The highest BCUT2D eigenvalue weighted by Crippen LogP contribution is 2.11. The van der Waals surface area contributed by atoms with E-state index in [-0.39, 0.29) is 31.4 Å². The molecule has 0 saturated carbocycles. The molecule has 0 unspecified atom stereocenters. The first-order chi connectivity index (χ1) is 9.88. The van der Waals surface area contributed by atoms with Gasteiger partial charge in [-0.1, -0.05) is 12.1 Å². The van der Waals surface area contributed by atoms with E-state index in [4.69, 9.17) is 10.2 Å². The van der Waals surface area contributed by atoms with Crippen LogP contribution in [-0.2, 0) is 20.8 Å². The molecule has 0 aliphatic heterocycles. The first-order valence-electron chi connectivity index (χ1n) is 6.40. The average Bonchev–Trinajstić information content (AvgIpc) is 2.36. The molecule has 114 valence electrons. The van der Waals surface area contributed by atoms with Gasteiger partial charge in [0, 0.05) is 6.42 Å². The number of phenolic OH excluding ortho intramolecular Hbond substituents is 1. The van der Waals surface area contributed by atoms with Gasteiger partial charge in [-0.05, 0) is 30.5 Å². The molecule has 0 aliphatic rings. The zero-order valence-corrected chi connectivity index (χ0v) is 11.3. The van der Waals surface area contributed by atoms with Crippen molar-refractivity contribution in [2.75, 3.05) is 0 Å². The third-order valence-electron chi connectivity index (χ3n) is 2.79. The van der Waals surface area contributed by atoms with Crippen LogP contribution < -0.4 is 5.32 Å². The van der Waals surface area contributed by atoms with Crippen LogP contribution in [0, 0.1) is 0 Å². The first-order valence-corrected chi connectivity index (χ1v) is 6.40. The van der Waals surface area contributed by atoms with Gasteiger partial charge in [0.05, 0.1) is 6.42 Å². The number of hydrogen-bond acceptors (Lipinski definition) is 4. The van der Waals surface area contributed by atoms with E-state index in [1.54, 1.807) is 12.1 Å². The quantitative estimate of drug-likeness (QED) is 0.561. The molecule has 1 atom stereocenters. The minimum atomic E-state index is -1.20. The second-order valence-electron chi connectivity index (χ2n) is 4.59. The molecule has 0 heterocycles. The lowest BCUT2D eigenvalue weighted by Crippen LogP contribution is -2.41. The van der Waals surface area contributed by atoms with Gasteiger partial charge < -0.3 is 20.6 Å². The van der Waals surface area contributed by atoms with Crippen molar-refractivity contribution in [1.29, 1.82) is 0 Å². The molecule has 7 nitrogen and oxygen atoms in total. The van der Waals surface area contributed by atoms with Crippen molar-refractivity contribution in [2.45, 2.75) is 31.7 Å². The van der Waals surface area contributed by atoms with E-state index in [1.807, 2.05) is 0 Å². The number of nitrogens with one attached hydrogen (secondary N) is 1. The van der Waals surface area contributed by atoms with Crippen LogP contribution >= 0.6 is 0 Å². The second kappa shape index (κ2) is 7.88. The Labute approximate surface area is 121 Å². The predicted octanol–water partition coefficient (Wildman–Crippen LogP) is 0.759. The largest absolute Gasteiger partial charge is 0.508 e. The zero-order chi connectivity index (χ0) is 15.8. The SMILES string of the molecule is O=C(O)CCC[C@@H](NC(=O)Cc1cccc(O)c1)C(=O)O. The Morgan fingerprint density at radius 1 is 1.19 bits per heavy atom. The number of phenols is 1. The molecule has 0 saturated heterocycles. The number of carboxylic acids is 2. The minimum Gasteiger partial charge on any atom is -0.508 e. The molecule has 21 heavy (non-hydrogen) atoms. The Hall–Kier alpha value is -2.57. The Morgan fingerprint density at radius 2 is 1.90 bits per heavy atom. The number of hydrogen-bond donors (Lipinski definition) is 4. The number of aliphatic carboxylic acids is 2. The van der Waals surface area contributed by atoms with Gasteiger partial charge in [-0.2, -0.15) is 0 Å². The maximum Gasteiger partial charge on any atom is 0.326 e. The van der Waals surface area contributed by atoms with Crippen molar-refractivity contribution in [2.24, 2.45) is 0 Å². The molecular formula is C14H17NO6. The van der Waals surface area contributed by atoms with Crippen LogP contribution in [0.25, 0.3) is 0 Å². The molecule has 0 aromatic heterocycles. The molecule has 0 aliphatic carbocycles. The number of benzene rings is 1. The van der Waals surface area contributed by atoms with Crippen LogP contribution in [-0.4, -0.2) is 39.2 Å². The standard InChI is InChI=1S/C14H17NO6/c16-10-4-1-3-9(7-10)8-12(17)15-11(14(20)21)5-2-6-13(18)19/h1,3-4,7,11,16H,2,5-6,8H2,(H,15,17)(H,18,19)(H,20,21)/t11-/m1/s1. The van der Waals surface area contributed by atoms with Gasteiger partial charge in [0.15, 0.2) is 0 Å². The molecule has 0 fully saturated rings. The summed E-state index contributed by atoms with van der Waals surface area (Å²) >= 11 is 0. The molecule has 4 N–H and O–H groups in total. The predicted molar refractivity (Wildman–Crippen MR) is 72.9 cm³/mol.